The number of para-hydroxylation sites is 1. The van der Waals surface area contributed by atoms with Crippen LogP contribution in [0.4, 0.5) is 0 Å². The lowest BCUT2D eigenvalue weighted by Crippen LogP contribution is -2.18. The van der Waals surface area contributed by atoms with E-state index in [0.717, 1.165) is 28.7 Å². The first-order chi connectivity index (χ1) is 25.7. The fourth-order valence-corrected chi connectivity index (χ4v) is 8.03. The summed E-state index contributed by atoms with van der Waals surface area (Å²) < 4.78 is 6.27. The maximum atomic E-state index is 6.27. The summed E-state index contributed by atoms with van der Waals surface area (Å²) in [6.45, 7) is 44.4. The van der Waals surface area contributed by atoms with Crippen molar-refractivity contribution in [1.82, 2.24) is 0 Å². The molecule has 296 valence electrons. The number of rotatable bonds is 9. The van der Waals surface area contributed by atoms with E-state index in [1.807, 2.05) is 52.8 Å². The number of furan rings is 1. The van der Waals surface area contributed by atoms with Gasteiger partial charge in [-0.3, -0.25) is 0 Å². The summed E-state index contributed by atoms with van der Waals surface area (Å²) in [4.78, 5) is 1.48. The van der Waals surface area contributed by atoms with Gasteiger partial charge in [0.15, 0.2) is 0 Å². The predicted octanol–water partition coefficient (Wildman–Crippen LogP) is 17.3. The SMILES string of the molecule is C=C.C=C(C)/C=C\C(=C)c1c(C)cc2c(oc3ccccc32)c1CC(C)C.CC.CC.CCC.CCCC(C)(C)c1ccccc1C1=CC=C(C)C=S1C. The van der Waals surface area contributed by atoms with Crippen molar-refractivity contribution in [2.24, 2.45) is 5.92 Å². The molecule has 0 saturated heterocycles. The van der Waals surface area contributed by atoms with Crippen LogP contribution in [0.2, 0.25) is 0 Å². The summed E-state index contributed by atoms with van der Waals surface area (Å²) in [7, 11) is 0.210. The first kappa shape index (κ1) is 50.1. The molecule has 54 heavy (non-hydrogen) atoms. The average Bonchev–Trinajstić information content (AvgIpc) is 3.52. The zero-order chi connectivity index (χ0) is 41.6. The van der Waals surface area contributed by atoms with E-state index < -0.39 is 0 Å². The summed E-state index contributed by atoms with van der Waals surface area (Å²) in [5, 5.41) is 4.77. The van der Waals surface area contributed by atoms with Crippen LogP contribution in [0.5, 0.6) is 0 Å². The van der Waals surface area contributed by atoms with E-state index in [1.165, 1.54) is 68.3 Å². The van der Waals surface area contributed by atoms with Gasteiger partial charge in [0.2, 0.25) is 0 Å². The third-order valence-corrected chi connectivity index (χ3v) is 10.2. The van der Waals surface area contributed by atoms with E-state index in [-0.39, 0.29) is 15.9 Å². The molecule has 1 aliphatic rings. The molecular weight excluding hydrogens is 673 g/mol. The van der Waals surface area contributed by atoms with E-state index in [0.29, 0.717) is 5.92 Å². The Balaban J connectivity index is 0.000000872. The summed E-state index contributed by atoms with van der Waals surface area (Å²) in [5.74, 6) is 0.537. The molecular formula is C52H76OS. The van der Waals surface area contributed by atoms with Gasteiger partial charge in [-0.1, -0.05) is 168 Å². The predicted molar refractivity (Wildman–Crippen MR) is 256 cm³/mol. The molecule has 0 bridgehead atoms. The van der Waals surface area contributed by atoms with Crippen LogP contribution < -0.4 is 0 Å². The van der Waals surface area contributed by atoms with Gasteiger partial charge in [0.05, 0.1) is 0 Å². The van der Waals surface area contributed by atoms with Gasteiger partial charge in [-0.2, -0.15) is 10.5 Å². The highest BCUT2D eigenvalue weighted by molar-refractivity contribution is 8.22. The van der Waals surface area contributed by atoms with E-state index in [1.54, 1.807) is 0 Å². The van der Waals surface area contributed by atoms with Crippen molar-refractivity contribution >= 4 is 48.3 Å². The Labute approximate surface area is 335 Å². The van der Waals surface area contributed by atoms with Gasteiger partial charge in [0, 0.05) is 21.2 Å². The summed E-state index contributed by atoms with van der Waals surface area (Å²) in [6.07, 6.45) is 15.6. The van der Waals surface area contributed by atoms with Crippen LogP contribution in [-0.4, -0.2) is 11.6 Å². The van der Waals surface area contributed by atoms with Crippen molar-refractivity contribution in [2.45, 2.75) is 128 Å². The molecule has 0 saturated carbocycles. The second kappa shape index (κ2) is 26.0. The number of allylic oxidation sites excluding steroid dienone is 7. The van der Waals surface area contributed by atoms with Crippen LogP contribution in [0.1, 0.15) is 137 Å². The largest absolute Gasteiger partial charge is 0.456 e. The summed E-state index contributed by atoms with van der Waals surface area (Å²) in [6, 6.07) is 19.5. The van der Waals surface area contributed by atoms with Crippen LogP contribution in [0.15, 0.2) is 121 Å². The molecule has 1 atom stereocenters. The second-order valence-electron chi connectivity index (χ2n) is 14.3. The number of fused-ring (bicyclic) bond motifs is 3. The molecule has 1 nitrogen and oxygen atoms in total. The highest BCUT2D eigenvalue weighted by atomic mass is 32.2. The fraction of sp³-hybridized carbons (Fsp3) is 0.404. The second-order valence-corrected chi connectivity index (χ2v) is 16.1. The smallest absolute Gasteiger partial charge is 0.139 e. The number of aryl methyl sites for hydroxylation is 1. The maximum Gasteiger partial charge on any atom is 0.139 e. The summed E-state index contributed by atoms with van der Waals surface area (Å²) >= 11 is 0. The Bertz CT molecular complexity index is 1880. The van der Waals surface area contributed by atoms with Crippen molar-refractivity contribution in [3.8, 4) is 0 Å². The van der Waals surface area contributed by atoms with Gasteiger partial charge >= 0.3 is 0 Å². The molecule has 0 N–H and O–H groups in total. The van der Waals surface area contributed by atoms with Crippen LogP contribution in [0, 0.1) is 12.8 Å². The minimum absolute atomic E-state index is 0.210. The standard InChI is InChI=1S/C24H26O.C19H26S.C3H8.2C2H6.C2H4/c1-15(2)11-12-17(5)23-18(6)14-20-19-9-7-8-10-22(19)25-24(20)21(23)13-16(3)4;1-6-13-19(3,4)17-10-8-7-9-16(17)18-12-11-15(2)14-20(18)5;1-3-2;3*1-2/h7-12,14,16H,1,5,13H2,2-4,6H3;7-12,14H,6,13H2,1-5H3;3H2,1-2H3;2*1-2H3;1-2H2/b12-11-;;;;;. The minimum Gasteiger partial charge on any atom is -0.456 e. The van der Waals surface area contributed by atoms with Gasteiger partial charge in [0.25, 0.3) is 0 Å². The monoisotopic (exact) mass is 749 g/mol. The van der Waals surface area contributed by atoms with E-state index in [9.17, 15) is 0 Å². The first-order valence-corrected chi connectivity index (χ1v) is 21.9. The zero-order valence-corrected chi connectivity index (χ0v) is 38.0. The Kier molecular flexibility index (Phi) is 24.1. The van der Waals surface area contributed by atoms with Crippen molar-refractivity contribution in [3.05, 3.63) is 144 Å². The summed E-state index contributed by atoms with van der Waals surface area (Å²) in [5.41, 5.74) is 12.2. The quantitative estimate of drug-likeness (QED) is 0.0944. The van der Waals surface area contributed by atoms with Crippen LogP contribution in [0.3, 0.4) is 0 Å². The number of hydrogen-bond acceptors (Lipinski definition) is 1. The third kappa shape index (κ3) is 14.4. The van der Waals surface area contributed by atoms with Crippen LogP contribution in [0.25, 0.3) is 32.4 Å². The molecule has 0 radical (unpaired) electrons. The highest BCUT2D eigenvalue weighted by Crippen LogP contribution is 2.41. The number of hydrogen-bond donors (Lipinski definition) is 0. The zero-order valence-electron chi connectivity index (χ0n) is 37.1. The van der Waals surface area contributed by atoms with E-state index >= 15 is 0 Å². The van der Waals surface area contributed by atoms with Crippen molar-refractivity contribution in [2.75, 3.05) is 6.26 Å². The lowest BCUT2D eigenvalue weighted by molar-refractivity contribution is 0.472. The fourth-order valence-electron chi connectivity index (χ4n) is 6.46. The number of benzene rings is 3. The molecule has 0 aliphatic carbocycles. The van der Waals surface area contributed by atoms with E-state index in [2.05, 4.69) is 161 Å². The van der Waals surface area contributed by atoms with Gasteiger partial charge in [-0.05, 0) is 108 Å². The maximum absolute atomic E-state index is 6.27. The lowest BCUT2D eigenvalue weighted by atomic mass is 9.78. The van der Waals surface area contributed by atoms with E-state index in [4.69, 9.17) is 4.42 Å². The van der Waals surface area contributed by atoms with Crippen molar-refractivity contribution in [1.29, 1.82) is 0 Å². The van der Waals surface area contributed by atoms with Gasteiger partial charge in [0.1, 0.15) is 11.2 Å². The normalized spacial score (nSPS) is 13.2. The molecule has 0 fully saturated rings. The minimum atomic E-state index is 0.210. The van der Waals surface area contributed by atoms with Gasteiger partial charge < -0.3 is 4.42 Å². The topological polar surface area (TPSA) is 13.1 Å². The molecule has 5 rings (SSSR count). The first-order valence-electron chi connectivity index (χ1n) is 20.2. The Morgan fingerprint density at radius 2 is 1.43 bits per heavy atom. The van der Waals surface area contributed by atoms with Gasteiger partial charge in [-0.25, -0.2) is 0 Å². The Morgan fingerprint density at radius 3 is 1.98 bits per heavy atom. The van der Waals surface area contributed by atoms with Crippen LogP contribution in [-0.2, 0) is 11.8 Å². The molecule has 4 aromatic rings. The molecule has 2 heteroatoms. The Morgan fingerprint density at radius 1 is 0.852 bits per heavy atom. The average molecular weight is 749 g/mol. The molecule has 1 aliphatic heterocycles. The lowest BCUT2D eigenvalue weighted by Gasteiger charge is -2.29. The Hall–Kier alpha value is -3.88. The van der Waals surface area contributed by atoms with Crippen LogP contribution >= 0.6 is 10.5 Å². The molecule has 2 heterocycles. The molecule has 0 amide bonds. The van der Waals surface area contributed by atoms with Crippen molar-refractivity contribution < 1.29 is 4.42 Å². The molecule has 1 aromatic heterocycles. The highest BCUT2D eigenvalue weighted by Gasteiger charge is 2.24. The molecule has 0 spiro atoms. The van der Waals surface area contributed by atoms with Crippen molar-refractivity contribution in [3.63, 3.8) is 0 Å². The van der Waals surface area contributed by atoms with Gasteiger partial charge in [-0.15, -0.1) is 13.2 Å². The molecule has 3 aromatic carbocycles. The molecule has 1 unspecified atom stereocenters. The third-order valence-electron chi connectivity index (χ3n) is 8.47.